The van der Waals surface area contributed by atoms with Gasteiger partial charge in [0.25, 0.3) is 5.91 Å². The first kappa shape index (κ1) is 19.7. The van der Waals surface area contributed by atoms with Crippen molar-refractivity contribution in [2.75, 3.05) is 0 Å². The van der Waals surface area contributed by atoms with Gasteiger partial charge in [-0.05, 0) is 59.7 Å². The maximum atomic E-state index is 13.2. The van der Waals surface area contributed by atoms with E-state index in [1.807, 2.05) is 0 Å². The Labute approximate surface area is 165 Å². The molecular formula is C21H17FN2O5. The Morgan fingerprint density at radius 3 is 2.38 bits per heavy atom. The number of amides is 1. The topological polar surface area (TPSA) is 111 Å². The van der Waals surface area contributed by atoms with Gasteiger partial charge < -0.3 is 20.1 Å². The third kappa shape index (κ3) is 5.23. The van der Waals surface area contributed by atoms with E-state index in [4.69, 9.17) is 4.74 Å². The van der Waals surface area contributed by atoms with Crippen molar-refractivity contribution < 1.29 is 29.2 Å². The van der Waals surface area contributed by atoms with Crippen LogP contribution in [-0.2, 0) is 6.61 Å². The smallest absolute Gasteiger partial charge is 0.271 e. The number of hydrogen-bond acceptors (Lipinski definition) is 6. The van der Waals surface area contributed by atoms with Crippen LogP contribution in [0, 0.1) is 5.82 Å². The maximum Gasteiger partial charge on any atom is 0.271 e. The zero-order valence-electron chi connectivity index (χ0n) is 15.0. The van der Waals surface area contributed by atoms with Crippen molar-refractivity contribution in [1.82, 2.24) is 5.43 Å². The van der Waals surface area contributed by atoms with E-state index < -0.39 is 23.2 Å². The van der Waals surface area contributed by atoms with Crippen molar-refractivity contribution in [2.45, 2.75) is 6.61 Å². The zero-order valence-corrected chi connectivity index (χ0v) is 15.0. The first-order chi connectivity index (χ1) is 13.9. The summed E-state index contributed by atoms with van der Waals surface area (Å²) in [6, 6.07) is 15.0. The number of hydrogen-bond donors (Lipinski definition) is 4. The lowest BCUT2D eigenvalue weighted by atomic mass is 10.2. The molecule has 0 aromatic heterocycles. The molecule has 0 aliphatic heterocycles. The summed E-state index contributed by atoms with van der Waals surface area (Å²) in [5.74, 6) is -2.35. The van der Waals surface area contributed by atoms with Gasteiger partial charge in [-0.2, -0.15) is 5.10 Å². The Bertz CT molecular complexity index is 1030. The van der Waals surface area contributed by atoms with Crippen molar-refractivity contribution in [3.8, 4) is 23.0 Å². The summed E-state index contributed by atoms with van der Waals surface area (Å²) in [6.07, 6.45) is 1.40. The van der Waals surface area contributed by atoms with Crippen LogP contribution in [0.5, 0.6) is 23.0 Å². The van der Waals surface area contributed by atoms with Crippen LogP contribution in [0.25, 0.3) is 0 Å². The molecule has 3 aromatic carbocycles. The fraction of sp³-hybridized carbons (Fsp3) is 0.0476. The third-order valence-electron chi connectivity index (χ3n) is 3.89. The molecule has 0 saturated carbocycles. The van der Waals surface area contributed by atoms with E-state index in [9.17, 15) is 24.5 Å². The second kappa shape index (κ2) is 8.75. The number of aromatic hydroxyl groups is 3. The minimum atomic E-state index is -0.704. The second-order valence-electron chi connectivity index (χ2n) is 6.05. The van der Waals surface area contributed by atoms with Crippen LogP contribution >= 0.6 is 0 Å². The Kier molecular flexibility index (Phi) is 5.94. The van der Waals surface area contributed by atoms with E-state index in [0.29, 0.717) is 16.9 Å². The molecule has 0 spiro atoms. The van der Waals surface area contributed by atoms with Crippen LogP contribution in [0.2, 0.25) is 0 Å². The molecule has 0 atom stereocenters. The number of nitrogens with one attached hydrogen (secondary N) is 1. The van der Waals surface area contributed by atoms with Crippen LogP contribution in [0.1, 0.15) is 21.5 Å². The predicted molar refractivity (Wildman–Crippen MR) is 104 cm³/mol. The Morgan fingerprint density at radius 2 is 1.72 bits per heavy atom. The van der Waals surface area contributed by atoms with E-state index >= 15 is 0 Å². The largest absolute Gasteiger partial charge is 0.504 e. The molecule has 3 aromatic rings. The molecule has 0 aliphatic rings. The summed E-state index contributed by atoms with van der Waals surface area (Å²) in [4.78, 5) is 12.0. The summed E-state index contributed by atoms with van der Waals surface area (Å²) < 4.78 is 18.7. The molecule has 0 aliphatic carbocycles. The minimum Gasteiger partial charge on any atom is -0.504 e. The van der Waals surface area contributed by atoms with Crippen LogP contribution in [0.4, 0.5) is 4.39 Å². The van der Waals surface area contributed by atoms with Gasteiger partial charge in [0.05, 0.1) is 6.21 Å². The fourth-order valence-electron chi connectivity index (χ4n) is 2.41. The third-order valence-corrected chi connectivity index (χ3v) is 3.89. The number of hydrazone groups is 1. The number of phenols is 3. The molecule has 0 heterocycles. The van der Waals surface area contributed by atoms with Gasteiger partial charge in [-0.1, -0.05) is 12.1 Å². The number of phenolic OH excluding ortho intramolecular Hbond substituents is 3. The molecule has 148 valence electrons. The molecule has 4 N–H and O–H groups in total. The molecule has 1 amide bonds. The average molecular weight is 396 g/mol. The molecule has 0 unspecified atom stereocenters. The normalized spacial score (nSPS) is 10.8. The quantitative estimate of drug-likeness (QED) is 0.290. The highest BCUT2D eigenvalue weighted by Gasteiger charge is 2.12. The first-order valence-electron chi connectivity index (χ1n) is 8.48. The maximum absolute atomic E-state index is 13.2. The molecule has 0 fully saturated rings. The summed E-state index contributed by atoms with van der Waals surface area (Å²) in [6.45, 7) is 0.230. The highest BCUT2D eigenvalue weighted by Crippen LogP contribution is 2.35. The fourth-order valence-corrected chi connectivity index (χ4v) is 2.41. The predicted octanol–water partition coefficient (Wildman–Crippen LogP) is 3.29. The van der Waals surface area contributed by atoms with E-state index in [-0.39, 0.29) is 18.0 Å². The average Bonchev–Trinajstić information content (AvgIpc) is 2.71. The molecular weight excluding hydrogens is 379 g/mol. The summed E-state index contributed by atoms with van der Waals surface area (Å²) in [7, 11) is 0. The van der Waals surface area contributed by atoms with Crippen molar-refractivity contribution in [2.24, 2.45) is 5.10 Å². The van der Waals surface area contributed by atoms with Crippen molar-refractivity contribution in [3.63, 3.8) is 0 Å². The van der Waals surface area contributed by atoms with Gasteiger partial charge in [-0.15, -0.1) is 0 Å². The highest BCUT2D eigenvalue weighted by atomic mass is 19.1. The minimum absolute atomic E-state index is 0.0731. The first-order valence-corrected chi connectivity index (χ1v) is 8.48. The van der Waals surface area contributed by atoms with Crippen LogP contribution < -0.4 is 10.2 Å². The monoisotopic (exact) mass is 396 g/mol. The van der Waals surface area contributed by atoms with E-state index in [2.05, 4.69) is 10.5 Å². The van der Waals surface area contributed by atoms with Gasteiger partial charge >= 0.3 is 0 Å². The van der Waals surface area contributed by atoms with Gasteiger partial charge in [0, 0.05) is 5.56 Å². The Morgan fingerprint density at radius 1 is 1.03 bits per heavy atom. The Balaban J connectivity index is 1.55. The van der Waals surface area contributed by atoms with E-state index in [1.54, 1.807) is 36.4 Å². The van der Waals surface area contributed by atoms with Crippen molar-refractivity contribution >= 4 is 12.1 Å². The lowest BCUT2D eigenvalue weighted by molar-refractivity contribution is 0.0954. The Hall–Kier alpha value is -4.07. The molecule has 8 heteroatoms. The molecule has 29 heavy (non-hydrogen) atoms. The van der Waals surface area contributed by atoms with Crippen LogP contribution in [0.3, 0.4) is 0 Å². The van der Waals surface area contributed by atoms with E-state index in [1.165, 1.54) is 18.3 Å². The van der Waals surface area contributed by atoms with Gasteiger partial charge in [0.1, 0.15) is 18.2 Å². The molecule has 7 nitrogen and oxygen atoms in total. The van der Waals surface area contributed by atoms with Crippen molar-refractivity contribution in [1.29, 1.82) is 0 Å². The van der Waals surface area contributed by atoms with E-state index in [0.717, 1.165) is 12.1 Å². The number of carbonyl (C=O) groups is 1. The highest BCUT2D eigenvalue weighted by molar-refractivity contribution is 5.96. The van der Waals surface area contributed by atoms with Gasteiger partial charge in [-0.25, -0.2) is 9.82 Å². The molecule has 0 radical (unpaired) electrons. The number of benzene rings is 3. The lowest BCUT2D eigenvalue weighted by Gasteiger charge is -2.06. The summed E-state index contributed by atoms with van der Waals surface area (Å²) >= 11 is 0. The summed E-state index contributed by atoms with van der Waals surface area (Å²) in [5.41, 5.74) is 3.57. The zero-order chi connectivity index (χ0) is 20.8. The van der Waals surface area contributed by atoms with Gasteiger partial charge in [0.2, 0.25) is 0 Å². The molecule has 0 saturated heterocycles. The number of carbonyl (C=O) groups excluding carboxylic acids is 1. The standard InChI is InChI=1S/C21H17FN2O5/c22-16-3-1-2-14(8-16)12-29-17-6-4-13(5-7-17)11-23-24-21(28)15-9-18(25)20(27)19(26)10-15/h1-11,25-27H,12H2,(H,24,28)/b23-11+. The van der Waals surface area contributed by atoms with Gasteiger partial charge in [-0.3, -0.25) is 4.79 Å². The SMILES string of the molecule is O=C(N/N=C/c1ccc(OCc2cccc(F)c2)cc1)c1cc(O)c(O)c(O)c1. The van der Waals surface area contributed by atoms with Crippen LogP contribution in [0.15, 0.2) is 65.8 Å². The number of ether oxygens (including phenoxy) is 1. The van der Waals surface area contributed by atoms with Gasteiger partial charge in [0.15, 0.2) is 17.2 Å². The lowest BCUT2D eigenvalue weighted by Crippen LogP contribution is -2.17. The number of rotatable bonds is 6. The molecule has 0 bridgehead atoms. The number of nitrogens with zero attached hydrogens (tertiary/aromatic N) is 1. The molecule has 3 rings (SSSR count). The second-order valence-corrected chi connectivity index (χ2v) is 6.05. The summed E-state index contributed by atoms with van der Waals surface area (Å²) in [5, 5.41) is 31.9. The van der Waals surface area contributed by atoms with Crippen LogP contribution in [-0.4, -0.2) is 27.4 Å². The number of halogens is 1. The van der Waals surface area contributed by atoms with Crippen molar-refractivity contribution in [3.05, 3.63) is 83.2 Å².